The molecule has 2 saturated heterocycles. The van der Waals surface area contributed by atoms with Crippen molar-refractivity contribution in [3.05, 3.63) is 0 Å². The average molecular weight is 244 g/mol. The Morgan fingerprint density at radius 2 is 2.56 bits per heavy atom. The summed E-state index contributed by atoms with van der Waals surface area (Å²) in [5.74, 6) is 2.09. The van der Waals surface area contributed by atoms with Crippen LogP contribution in [0.15, 0.2) is 0 Å². The van der Waals surface area contributed by atoms with Crippen molar-refractivity contribution in [2.45, 2.75) is 31.4 Å². The van der Waals surface area contributed by atoms with Crippen molar-refractivity contribution in [1.82, 2.24) is 10.6 Å². The van der Waals surface area contributed by atoms with E-state index in [-0.39, 0.29) is 17.6 Å². The fourth-order valence-electron chi connectivity index (χ4n) is 2.11. The maximum absolute atomic E-state index is 11.9. The van der Waals surface area contributed by atoms with Gasteiger partial charge in [-0.05, 0) is 19.8 Å². The summed E-state index contributed by atoms with van der Waals surface area (Å²) in [6.07, 6.45) is 2.14. The zero-order valence-corrected chi connectivity index (χ0v) is 10.6. The quantitative estimate of drug-likeness (QED) is 0.753. The summed E-state index contributed by atoms with van der Waals surface area (Å²) in [5.41, 5.74) is -0.141. The minimum Gasteiger partial charge on any atom is -0.373 e. The van der Waals surface area contributed by atoms with Gasteiger partial charge in [-0.2, -0.15) is 11.8 Å². The van der Waals surface area contributed by atoms with E-state index in [9.17, 15) is 4.79 Å². The average Bonchev–Trinajstić information content (AvgIpc) is 2.75. The molecule has 2 aliphatic rings. The molecule has 92 valence electrons. The van der Waals surface area contributed by atoms with E-state index in [4.69, 9.17) is 4.74 Å². The van der Waals surface area contributed by atoms with Gasteiger partial charge < -0.3 is 15.4 Å². The van der Waals surface area contributed by atoms with E-state index < -0.39 is 0 Å². The van der Waals surface area contributed by atoms with Crippen LogP contribution in [-0.2, 0) is 9.53 Å². The Labute approximate surface area is 101 Å². The smallest absolute Gasteiger partial charge is 0.238 e. The maximum atomic E-state index is 11.9. The van der Waals surface area contributed by atoms with E-state index in [1.54, 1.807) is 0 Å². The Kier molecular flexibility index (Phi) is 4.10. The number of rotatable bonds is 3. The summed E-state index contributed by atoms with van der Waals surface area (Å²) in [5, 5.41) is 6.23. The van der Waals surface area contributed by atoms with Crippen LogP contribution < -0.4 is 10.6 Å². The van der Waals surface area contributed by atoms with Gasteiger partial charge in [0.1, 0.15) is 0 Å². The molecule has 0 aromatic rings. The highest BCUT2D eigenvalue weighted by molar-refractivity contribution is 7.99. The van der Waals surface area contributed by atoms with Crippen molar-refractivity contribution in [1.29, 1.82) is 0 Å². The number of thioether (sulfide) groups is 1. The molecule has 5 heteroatoms. The largest absolute Gasteiger partial charge is 0.373 e. The Balaban J connectivity index is 1.74. The van der Waals surface area contributed by atoms with Gasteiger partial charge in [-0.1, -0.05) is 0 Å². The molecule has 2 unspecified atom stereocenters. The van der Waals surface area contributed by atoms with Crippen molar-refractivity contribution in [2.24, 2.45) is 0 Å². The molecular weight excluding hydrogens is 224 g/mol. The Morgan fingerprint density at radius 1 is 1.69 bits per heavy atom. The molecule has 2 atom stereocenters. The van der Waals surface area contributed by atoms with Gasteiger partial charge >= 0.3 is 0 Å². The normalized spacial score (nSPS) is 34.9. The third-order valence-electron chi connectivity index (χ3n) is 3.18. The molecule has 0 radical (unpaired) electrons. The maximum Gasteiger partial charge on any atom is 0.238 e. The summed E-state index contributed by atoms with van der Waals surface area (Å²) < 4.78 is 5.64. The lowest BCUT2D eigenvalue weighted by atomic mass is 10.0. The number of carbonyl (C=O) groups excluding carboxylic acids is 1. The Bertz CT molecular complexity index is 248. The van der Waals surface area contributed by atoms with Gasteiger partial charge in [-0.3, -0.25) is 4.79 Å². The fourth-order valence-corrected chi connectivity index (χ4v) is 3.04. The first-order chi connectivity index (χ1) is 7.70. The zero-order chi connectivity index (χ0) is 11.4. The second-order valence-corrected chi connectivity index (χ2v) is 5.85. The van der Waals surface area contributed by atoms with Crippen LogP contribution in [-0.4, -0.2) is 48.8 Å². The molecule has 4 nitrogen and oxygen atoms in total. The highest BCUT2D eigenvalue weighted by atomic mass is 32.2. The highest BCUT2D eigenvalue weighted by Crippen LogP contribution is 2.23. The van der Waals surface area contributed by atoms with Crippen molar-refractivity contribution < 1.29 is 9.53 Å². The van der Waals surface area contributed by atoms with Crippen molar-refractivity contribution in [2.75, 3.05) is 31.2 Å². The van der Waals surface area contributed by atoms with E-state index in [1.165, 1.54) is 0 Å². The molecule has 16 heavy (non-hydrogen) atoms. The van der Waals surface area contributed by atoms with Crippen LogP contribution in [0.1, 0.15) is 19.8 Å². The van der Waals surface area contributed by atoms with Crippen molar-refractivity contribution in [3.8, 4) is 0 Å². The molecule has 2 aliphatic heterocycles. The topological polar surface area (TPSA) is 50.4 Å². The third-order valence-corrected chi connectivity index (χ3v) is 4.24. The molecule has 1 amide bonds. The number of carbonyl (C=O) groups is 1. The summed E-state index contributed by atoms with van der Waals surface area (Å²) in [6.45, 7) is 4.46. The third kappa shape index (κ3) is 3.12. The monoisotopic (exact) mass is 244 g/mol. The number of ether oxygens (including phenoxy) is 1. The van der Waals surface area contributed by atoms with Gasteiger partial charge in [-0.15, -0.1) is 0 Å². The molecule has 0 aromatic heterocycles. The second kappa shape index (κ2) is 5.38. The van der Waals surface area contributed by atoms with Gasteiger partial charge in [0, 0.05) is 31.2 Å². The molecule has 0 bridgehead atoms. The van der Waals surface area contributed by atoms with E-state index >= 15 is 0 Å². The van der Waals surface area contributed by atoms with E-state index in [1.807, 2.05) is 11.8 Å². The molecule has 0 aromatic carbocycles. The summed E-state index contributed by atoms with van der Waals surface area (Å²) in [4.78, 5) is 11.9. The van der Waals surface area contributed by atoms with Crippen LogP contribution in [0, 0.1) is 0 Å². The van der Waals surface area contributed by atoms with Gasteiger partial charge in [-0.25, -0.2) is 0 Å². The standard InChI is InChI=1S/C11H20N2O2S/c1-11(3-2-5-15-11)8-13-10(14)9-7-16-6-4-12-9/h9,12H,2-8H2,1H3,(H,13,14). The first-order valence-corrected chi connectivity index (χ1v) is 7.08. The summed E-state index contributed by atoms with van der Waals surface area (Å²) in [7, 11) is 0. The molecule has 2 N–H and O–H groups in total. The van der Waals surface area contributed by atoms with Crippen LogP contribution in [0.5, 0.6) is 0 Å². The molecule has 0 aliphatic carbocycles. The lowest BCUT2D eigenvalue weighted by Gasteiger charge is -2.26. The molecule has 0 saturated carbocycles. The lowest BCUT2D eigenvalue weighted by Crippen LogP contribution is -2.51. The van der Waals surface area contributed by atoms with E-state index in [0.29, 0.717) is 6.54 Å². The Hall–Kier alpha value is -0.260. The fraction of sp³-hybridized carbons (Fsp3) is 0.909. The first kappa shape index (κ1) is 12.2. The van der Waals surface area contributed by atoms with Crippen LogP contribution in [0.3, 0.4) is 0 Å². The molecule has 2 rings (SSSR count). The van der Waals surface area contributed by atoms with Crippen LogP contribution in [0.25, 0.3) is 0 Å². The molecule has 2 heterocycles. The molecule has 0 spiro atoms. The van der Waals surface area contributed by atoms with Crippen molar-refractivity contribution >= 4 is 17.7 Å². The predicted octanol–water partition coefficient (Wildman–Crippen LogP) is 0.377. The minimum absolute atomic E-state index is 0.0243. The van der Waals surface area contributed by atoms with E-state index in [2.05, 4.69) is 17.6 Å². The first-order valence-electron chi connectivity index (χ1n) is 5.92. The lowest BCUT2D eigenvalue weighted by molar-refractivity contribution is -0.123. The van der Waals surface area contributed by atoms with Gasteiger partial charge in [0.25, 0.3) is 0 Å². The van der Waals surface area contributed by atoms with E-state index in [0.717, 1.165) is 37.5 Å². The predicted molar refractivity (Wildman–Crippen MR) is 65.7 cm³/mol. The van der Waals surface area contributed by atoms with Gasteiger partial charge in [0.05, 0.1) is 11.6 Å². The van der Waals surface area contributed by atoms with Crippen LogP contribution in [0.4, 0.5) is 0 Å². The van der Waals surface area contributed by atoms with Gasteiger partial charge in [0.2, 0.25) is 5.91 Å². The molecular formula is C11H20N2O2S. The number of amides is 1. The summed E-state index contributed by atoms with van der Waals surface area (Å²) in [6, 6.07) is -0.0243. The second-order valence-electron chi connectivity index (χ2n) is 4.70. The SMILES string of the molecule is CC1(CNC(=O)C2CSCCN2)CCCO1. The van der Waals surface area contributed by atoms with Crippen LogP contribution >= 0.6 is 11.8 Å². The zero-order valence-electron chi connectivity index (χ0n) is 9.75. The number of hydrogen-bond donors (Lipinski definition) is 2. The summed E-state index contributed by atoms with van der Waals surface area (Å²) >= 11 is 1.83. The van der Waals surface area contributed by atoms with Crippen LogP contribution in [0.2, 0.25) is 0 Å². The number of hydrogen-bond acceptors (Lipinski definition) is 4. The van der Waals surface area contributed by atoms with Gasteiger partial charge in [0.15, 0.2) is 0 Å². The molecule has 2 fully saturated rings. The van der Waals surface area contributed by atoms with Crippen molar-refractivity contribution in [3.63, 3.8) is 0 Å². The number of nitrogens with one attached hydrogen (secondary N) is 2. The highest BCUT2D eigenvalue weighted by Gasteiger charge is 2.31. The minimum atomic E-state index is -0.141. The Morgan fingerprint density at radius 3 is 3.19 bits per heavy atom.